The Morgan fingerprint density at radius 2 is 1.74 bits per heavy atom. The molecule has 4 rings (SSSR count). The van der Waals surface area contributed by atoms with Gasteiger partial charge in [-0.15, -0.1) is 0 Å². The number of fused-ring (bicyclic) bond motifs is 1. The van der Waals surface area contributed by atoms with E-state index >= 15 is 0 Å². The molecule has 0 radical (unpaired) electrons. The van der Waals surface area contributed by atoms with Crippen molar-refractivity contribution in [3.63, 3.8) is 0 Å². The number of benzene rings is 2. The Morgan fingerprint density at radius 3 is 2.47 bits per heavy atom. The molecule has 2 heterocycles. The van der Waals surface area contributed by atoms with Gasteiger partial charge in [-0.05, 0) is 29.3 Å². The Bertz CT molecular complexity index is 1150. The van der Waals surface area contributed by atoms with Gasteiger partial charge < -0.3 is 58.6 Å². The predicted octanol–water partition coefficient (Wildman–Crippen LogP) is -1.97. The Kier molecular flexibility index (Phi) is 8.85. The zero-order chi connectivity index (χ0) is 23.5. The van der Waals surface area contributed by atoms with Crippen LogP contribution in [-0.2, 0) is 11.8 Å². The van der Waals surface area contributed by atoms with Gasteiger partial charge in [-0.1, -0.05) is 30.4 Å². The number of methoxy groups -OCH3 is 1. The largest absolute Gasteiger partial charge is 1.00 e. The molecule has 1 aliphatic heterocycles. The number of aryl methyl sites for hydroxylation is 1. The second-order valence-electron chi connectivity index (χ2n) is 7.96. The molecular formula is C25H28INO7. The standard InChI is InChI=1S/C25H28NO7.HI/c1-26-12-11-16(17-5-3-4-6-18(17)26)9-7-15-8-10-19(20(13-15)31-2)32-25-24(30)23(29)22(28)21(14-27)33-25;/h3-13,21-25,27-30H,14H2,1-2H3;1H/q+1;/p-1/b9-7+;/t21-,22+,23+,24-,25-;/m1./s1. The molecular weight excluding hydrogens is 553 g/mol. The summed E-state index contributed by atoms with van der Waals surface area (Å²) >= 11 is 0. The summed E-state index contributed by atoms with van der Waals surface area (Å²) < 4.78 is 18.7. The molecule has 1 saturated heterocycles. The summed E-state index contributed by atoms with van der Waals surface area (Å²) in [7, 11) is 3.50. The smallest absolute Gasteiger partial charge is 0.229 e. The maximum Gasteiger partial charge on any atom is 0.229 e. The minimum Gasteiger partial charge on any atom is -1.00 e. The maximum absolute atomic E-state index is 10.2. The SMILES string of the molecule is COc1cc(/C=C/c2cc[n+](C)c3ccccc23)ccc1O[C@@H]1O[C@H](CO)[C@H](O)[C@H](O)[C@H]1O.[I-]. The molecule has 3 aromatic rings. The van der Waals surface area contributed by atoms with E-state index in [4.69, 9.17) is 14.2 Å². The lowest BCUT2D eigenvalue weighted by molar-refractivity contribution is -0.644. The highest BCUT2D eigenvalue weighted by Crippen LogP contribution is 2.32. The number of hydrogen-bond acceptors (Lipinski definition) is 7. The van der Waals surface area contributed by atoms with E-state index in [0.717, 1.165) is 22.0 Å². The van der Waals surface area contributed by atoms with Gasteiger partial charge in [0.15, 0.2) is 17.7 Å². The van der Waals surface area contributed by atoms with Crippen LogP contribution in [0.3, 0.4) is 0 Å². The first kappa shape index (κ1) is 26.3. The lowest BCUT2D eigenvalue weighted by Gasteiger charge is -2.39. The number of aliphatic hydroxyl groups is 4. The molecule has 0 bridgehead atoms. The lowest BCUT2D eigenvalue weighted by atomic mass is 9.99. The zero-order valence-corrected chi connectivity index (χ0v) is 20.9. The Balaban J connectivity index is 0.00000324. The number of pyridine rings is 1. The van der Waals surface area contributed by atoms with Crippen LogP contribution >= 0.6 is 0 Å². The third-order valence-electron chi connectivity index (χ3n) is 5.81. The average molecular weight is 581 g/mol. The van der Waals surface area contributed by atoms with Crippen molar-refractivity contribution in [3.05, 3.63) is 65.9 Å². The second-order valence-corrected chi connectivity index (χ2v) is 7.96. The third kappa shape index (κ3) is 5.35. The number of aliphatic hydroxyl groups excluding tert-OH is 4. The third-order valence-corrected chi connectivity index (χ3v) is 5.81. The molecule has 1 fully saturated rings. The summed E-state index contributed by atoms with van der Waals surface area (Å²) in [4.78, 5) is 0. The number of para-hydroxylation sites is 1. The summed E-state index contributed by atoms with van der Waals surface area (Å²) in [6.45, 7) is -0.530. The van der Waals surface area contributed by atoms with Crippen molar-refractivity contribution in [1.82, 2.24) is 0 Å². The zero-order valence-electron chi connectivity index (χ0n) is 18.8. The number of hydrogen-bond donors (Lipinski definition) is 4. The summed E-state index contributed by atoms with van der Waals surface area (Å²) in [6, 6.07) is 15.5. The minimum atomic E-state index is -1.52. The highest BCUT2D eigenvalue weighted by molar-refractivity contribution is 5.88. The molecule has 0 unspecified atom stereocenters. The van der Waals surface area contributed by atoms with Gasteiger partial charge in [0.1, 0.15) is 31.5 Å². The first-order valence-corrected chi connectivity index (χ1v) is 10.6. The fraction of sp³-hybridized carbons (Fsp3) is 0.320. The van der Waals surface area contributed by atoms with Crippen molar-refractivity contribution in [2.45, 2.75) is 30.7 Å². The van der Waals surface area contributed by atoms with E-state index in [9.17, 15) is 20.4 Å². The molecule has 34 heavy (non-hydrogen) atoms. The lowest BCUT2D eigenvalue weighted by Crippen LogP contribution is -3.00. The fourth-order valence-corrected chi connectivity index (χ4v) is 3.89. The molecule has 4 N–H and O–H groups in total. The van der Waals surface area contributed by atoms with Crippen molar-refractivity contribution in [2.24, 2.45) is 7.05 Å². The molecule has 9 heteroatoms. The van der Waals surface area contributed by atoms with Crippen molar-refractivity contribution in [1.29, 1.82) is 0 Å². The van der Waals surface area contributed by atoms with Gasteiger partial charge in [0.25, 0.3) is 0 Å². The second kappa shape index (κ2) is 11.4. The van der Waals surface area contributed by atoms with Crippen molar-refractivity contribution in [2.75, 3.05) is 13.7 Å². The minimum absolute atomic E-state index is 0. The number of aromatic nitrogens is 1. The van der Waals surface area contributed by atoms with Crippen LogP contribution in [0.1, 0.15) is 11.1 Å². The highest BCUT2D eigenvalue weighted by Gasteiger charge is 2.44. The first-order chi connectivity index (χ1) is 15.9. The van der Waals surface area contributed by atoms with E-state index in [2.05, 4.69) is 16.7 Å². The maximum atomic E-state index is 10.2. The summed E-state index contributed by atoms with van der Waals surface area (Å²) in [5.74, 6) is 0.689. The van der Waals surface area contributed by atoms with Crippen molar-refractivity contribution < 1.29 is 63.2 Å². The fourth-order valence-electron chi connectivity index (χ4n) is 3.89. The van der Waals surface area contributed by atoms with Gasteiger partial charge in [-0.3, -0.25) is 0 Å². The molecule has 0 aliphatic carbocycles. The topological polar surface area (TPSA) is 112 Å². The molecule has 8 nitrogen and oxygen atoms in total. The molecule has 2 aromatic carbocycles. The number of rotatable bonds is 6. The van der Waals surface area contributed by atoms with Gasteiger partial charge >= 0.3 is 0 Å². The molecule has 0 amide bonds. The van der Waals surface area contributed by atoms with E-state index in [1.165, 1.54) is 7.11 Å². The summed E-state index contributed by atoms with van der Waals surface area (Å²) in [5, 5.41) is 40.6. The predicted molar refractivity (Wildman–Crippen MR) is 121 cm³/mol. The van der Waals surface area contributed by atoms with Crippen molar-refractivity contribution in [3.8, 4) is 11.5 Å². The van der Waals surface area contributed by atoms with Crippen molar-refractivity contribution >= 4 is 23.1 Å². The van der Waals surface area contributed by atoms with Crippen LogP contribution in [0.25, 0.3) is 23.1 Å². The molecule has 1 aliphatic rings. The number of halogens is 1. The Morgan fingerprint density at radius 1 is 0.971 bits per heavy atom. The molecule has 0 saturated carbocycles. The molecule has 0 spiro atoms. The highest BCUT2D eigenvalue weighted by atomic mass is 127. The Labute approximate surface area is 214 Å². The average Bonchev–Trinajstić information content (AvgIpc) is 2.84. The quantitative estimate of drug-likeness (QED) is 0.198. The Hall–Kier alpha value is -2.28. The number of ether oxygens (including phenoxy) is 3. The van der Waals surface area contributed by atoms with Crippen LogP contribution in [0, 0.1) is 0 Å². The van der Waals surface area contributed by atoms with E-state index in [-0.39, 0.29) is 29.7 Å². The van der Waals surface area contributed by atoms with Crippen LogP contribution in [-0.4, -0.2) is 64.8 Å². The molecule has 5 atom stereocenters. The van der Waals surface area contributed by atoms with E-state index in [1.807, 2.05) is 49.7 Å². The normalized spacial score (nSPS) is 24.7. The van der Waals surface area contributed by atoms with Crippen LogP contribution in [0.2, 0.25) is 0 Å². The van der Waals surface area contributed by atoms with E-state index in [0.29, 0.717) is 5.75 Å². The van der Waals surface area contributed by atoms with Gasteiger partial charge in [0.2, 0.25) is 11.8 Å². The van der Waals surface area contributed by atoms with E-state index < -0.39 is 37.3 Å². The summed E-state index contributed by atoms with van der Waals surface area (Å²) in [5.41, 5.74) is 3.06. The van der Waals surface area contributed by atoms with Gasteiger partial charge in [0, 0.05) is 12.1 Å². The molecule has 1 aromatic heterocycles. The summed E-state index contributed by atoms with van der Waals surface area (Å²) in [6.07, 6.45) is -0.805. The van der Waals surface area contributed by atoms with Crippen LogP contribution in [0.5, 0.6) is 11.5 Å². The van der Waals surface area contributed by atoms with Gasteiger partial charge in [-0.25, -0.2) is 4.57 Å². The van der Waals surface area contributed by atoms with Crippen LogP contribution < -0.4 is 38.0 Å². The number of nitrogens with zero attached hydrogens (tertiary/aromatic N) is 1. The van der Waals surface area contributed by atoms with Crippen LogP contribution in [0.15, 0.2) is 54.7 Å². The van der Waals surface area contributed by atoms with Crippen LogP contribution in [0.4, 0.5) is 0 Å². The van der Waals surface area contributed by atoms with E-state index in [1.54, 1.807) is 12.1 Å². The molecule has 182 valence electrons. The van der Waals surface area contributed by atoms with Gasteiger partial charge in [0.05, 0.1) is 19.1 Å². The first-order valence-electron chi connectivity index (χ1n) is 10.6. The van der Waals surface area contributed by atoms with Gasteiger partial charge in [-0.2, -0.15) is 0 Å². The monoisotopic (exact) mass is 581 g/mol.